The van der Waals surface area contributed by atoms with Gasteiger partial charge in [0.2, 0.25) is 11.0 Å². The van der Waals surface area contributed by atoms with Gasteiger partial charge in [-0.3, -0.25) is 10.1 Å². The van der Waals surface area contributed by atoms with Crippen molar-refractivity contribution in [2.45, 2.75) is 37.5 Å². The van der Waals surface area contributed by atoms with E-state index in [0.717, 1.165) is 25.8 Å². The summed E-state index contributed by atoms with van der Waals surface area (Å²) in [6, 6.07) is 18.0. The van der Waals surface area contributed by atoms with Gasteiger partial charge in [-0.2, -0.15) is 0 Å². The summed E-state index contributed by atoms with van der Waals surface area (Å²) < 4.78 is 1.14. The second kappa shape index (κ2) is 7.31. The van der Waals surface area contributed by atoms with Crippen molar-refractivity contribution in [1.29, 1.82) is 0 Å². The first-order valence-corrected chi connectivity index (χ1v) is 11.3. The molecule has 1 atom stereocenters. The number of fused-ring (bicyclic) bond motifs is 1. The van der Waals surface area contributed by atoms with Gasteiger partial charge in [-0.25, -0.2) is 4.98 Å². The molecule has 5 rings (SSSR count). The van der Waals surface area contributed by atoms with Crippen LogP contribution >= 0.6 is 22.7 Å². The average Bonchev–Trinajstić information content (AvgIpc) is 3.35. The zero-order valence-corrected chi connectivity index (χ0v) is 17.6. The highest BCUT2D eigenvalue weighted by atomic mass is 32.1. The van der Waals surface area contributed by atoms with E-state index in [0.29, 0.717) is 17.5 Å². The van der Waals surface area contributed by atoms with Crippen LogP contribution in [0.2, 0.25) is 0 Å². The molecular formula is C22H20N4OS2. The molecule has 1 fully saturated rings. The molecule has 5 nitrogen and oxygen atoms in total. The Hall–Kier alpha value is -2.64. The molecule has 0 bridgehead atoms. The van der Waals surface area contributed by atoms with E-state index < -0.39 is 5.41 Å². The molecule has 1 aliphatic carbocycles. The predicted molar refractivity (Wildman–Crippen MR) is 118 cm³/mol. The highest BCUT2D eigenvalue weighted by Crippen LogP contribution is 2.42. The van der Waals surface area contributed by atoms with Crippen molar-refractivity contribution in [3.63, 3.8) is 0 Å². The monoisotopic (exact) mass is 420 g/mol. The molecule has 146 valence electrons. The molecule has 29 heavy (non-hydrogen) atoms. The van der Waals surface area contributed by atoms with E-state index in [1.165, 1.54) is 24.2 Å². The molecule has 4 aromatic rings. The standard InChI is InChI=1S/C22H20N4OS2/c1-22(15-7-3-2-4-8-15,13-18-23-16-9-5-6-10-17(16)28-18)20(27)24-21-26-25-19(29-21)14-11-12-14/h2-10,14H,11-13H2,1H3,(H,24,26,27). The fourth-order valence-corrected chi connectivity index (χ4v) is 5.46. The lowest BCUT2D eigenvalue weighted by atomic mass is 9.78. The molecule has 1 amide bonds. The minimum atomic E-state index is -0.763. The van der Waals surface area contributed by atoms with E-state index >= 15 is 0 Å². The number of thiazole rings is 1. The fourth-order valence-electron chi connectivity index (χ4n) is 3.43. The van der Waals surface area contributed by atoms with E-state index in [4.69, 9.17) is 4.98 Å². The van der Waals surface area contributed by atoms with Crippen LogP contribution in [-0.4, -0.2) is 21.1 Å². The Morgan fingerprint density at radius 1 is 1.07 bits per heavy atom. The van der Waals surface area contributed by atoms with Crippen molar-refractivity contribution in [3.8, 4) is 0 Å². The number of hydrogen-bond donors (Lipinski definition) is 1. The molecule has 0 radical (unpaired) electrons. The van der Waals surface area contributed by atoms with E-state index in [9.17, 15) is 4.79 Å². The molecule has 2 aromatic heterocycles. The Morgan fingerprint density at radius 2 is 1.83 bits per heavy atom. The van der Waals surface area contributed by atoms with Crippen LogP contribution in [0, 0.1) is 0 Å². The highest BCUT2D eigenvalue weighted by molar-refractivity contribution is 7.18. The molecule has 0 spiro atoms. The van der Waals surface area contributed by atoms with Gasteiger partial charge in [-0.15, -0.1) is 21.5 Å². The Labute approximate surface area is 176 Å². The van der Waals surface area contributed by atoms with Crippen LogP contribution in [0.4, 0.5) is 5.13 Å². The van der Waals surface area contributed by atoms with Gasteiger partial charge in [-0.1, -0.05) is 53.8 Å². The molecule has 1 unspecified atom stereocenters. The van der Waals surface area contributed by atoms with Crippen LogP contribution in [0.25, 0.3) is 10.2 Å². The molecule has 0 saturated heterocycles. The van der Waals surface area contributed by atoms with Gasteiger partial charge in [-0.05, 0) is 37.5 Å². The normalized spacial score (nSPS) is 15.9. The van der Waals surface area contributed by atoms with Crippen molar-refractivity contribution >= 4 is 43.9 Å². The summed E-state index contributed by atoms with van der Waals surface area (Å²) in [7, 11) is 0. The minimum absolute atomic E-state index is 0.0820. The van der Waals surface area contributed by atoms with E-state index in [-0.39, 0.29) is 5.91 Å². The second-order valence-electron chi connectivity index (χ2n) is 7.62. The van der Waals surface area contributed by atoms with Gasteiger partial charge in [0.05, 0.1) is 20.6 Å². The van der Waals surface area contributed by atoms with Crippen LogP contribution in [-0.2, 0) is 16.6 Å². The summed E-state index contributed by atoms with van der Waals surface area (Å²) in [6.45, 7) is 1.98. The minimum Gasteiger partial charge on any atom is -0.300 e. The smallest absolute Gasteiger partial charge is 0.237 e. The van der Waals surface area contributed by atoms with Crippen molar-refractivity contribution in [2.24, 2.45) is 0 Å². The third-order valence-corrected chi connectivity index (χ3v) is 7.38. The summed E-state index contributed by atoms with van der Waals surface area (Å²) in [5.41, 5.74) is 1.17. The first-order chi connectivity index (χ1) is 14.1. The van der Waals surface area contributed by atoms with Crippen molar-refractivity contribution in [2.75, 3.05) is 5.32 Å². The molecule has 2 aromatic carbocycles. The van der Waals surface area contributed by atoms with Crippen LogP contribution in [0.5, 0.6) is 0 Å². The molecule has 1 aliphatic rings. The number of amides is 1. The number of nitrogens with one attached hydrogen (secondary N) is 1. The Morgan fingerprint density at radius 3 is 2.59 bits per heavy atom. The van der Waals surface area contributed by atoms with Gasteiger partial charge < -0.3 is 0 Å². The van der Waals surface area contributed by atoms with Gasteiger partial charge in [0.15, 0.2) is 0 Å². The third-order valence-electron chi connectivity index (χ3n) is 5.34. The summed E-state index contributed by atoms with van der Waals surface area (Å²) in [4.78, 5) is 18.2. The maximum atomic E-state index is 13.5. The topological polar surface area (TPSA) is 67.8 Å². The number of rotatable bonds is 6. The zero-order chi connectivity index (χ0) is 19.8. The Kier molecular flexibility index (Phi) is 4.64. The predicted octanol–water partition coefficient (Wildman–Crippen LogP) is 5.16. The molecule has 0 aliphatic heterocycles. The van der Waals surface area contributed by atoms with Crippen LogP contribution in [0.3, 0.4) is 0 Å². The lowest BCUT2D eigenvalue weighted by molar-refractivity contribution is -0.121. The molecular weight excluding hydrogens is 400 g/mol. The number of aromatic nitrogens is 3. The number of anilines is 1. The van der Waals surface area contributed by atoms with E-state index in [2.05, 4.69) is 21.6 Å². The van der Waals surface area contributed by atoms with Crippen LogP contribution in [0.1, 0.15) is 41.3 Å². The number of nitrogens with zero attached hydrogens (tertiary/aromatic N) is 3. The van der Waals surface area contributed by atoms with Gasteiger partial charge in [0, 0.05) is 12.3 Å². The van der Waals surface area contributed by atoms with Crippen molar-refractivity contribution in [3.05, 3.63) is 70.2 Å². The Balaban J connectivity index is 1.46. The van der Waals surface area contributed by atoms with Crippen molar-refractivity contribution in [1.82, 2.24) is 15.2 Å². The number of para-hydroxylation sites is 1. The summed E-state index contributed by atoms with van der Waals surface area (Å²) in [5.74, 6) is 0.447. The lowest BCUT2D eigenvalue weighted by Crippen LogP contribution is -2.39. The summed E-state index contributed by atoms with van der Waals surface area (Å²) >= 11 is 3.13. The van der Waals surface area contributed by atoms with E-state index in [1.807, 2.05) is 55.5 Å². The average molecular weight is 421 g/mol. The van der Waals surface area contributed by atoms with Gasteiger partial charge >= 0.3 is 0 Å². The highest BCUT2D eigenvalue weighted by Gasteiger charge is 2.37. The second-order valence-corrected chi connectivity index (χ2v) is 9.75. The zero-order valence-electron chi connectivity index (χ0n) is 16.0. The maximum absolute atomic E-state index is 13.5. The number of carbonyl (C=O) groups excluding carboxylic acids is 1. The van der Waals surface area contributed by atoms with Crippen molar-refractivity contribution < 1.29 is 4.79 Å². The van der Waals surface area contributed by atoms with E-state index in [1.54, 1.807) is 11.3 Å². The maximum Gasteiger partial charge on any atom is 0.237 e. The molecule has 1 saturated carbocycles. The Bertz CT molecular complexity index is 1130. The van der Waals surface area contributed by atoms with Gasteiger partial charge in [0.1, 0.15) is 5.01 Å². The number of hydrogen-bond acceptors (Lipinski definition) is 6. The largest absolute Gasteiger partial charge is 0.300 e. The fraction of sp³-hybridized carbons (Fsp3) is 0.273. The van der Waals surface area contributed by atoms with Crippen LogP contribution in [0.15, 0.2) is 54.6 Å². The quantitative estimate of drug-likeness (QED) is 0.468. The lowest BCUT2D eigenvalue weighted by Gasteiger charge is -2.27. The number of benzene rings is 2. The SMILES string of the molecule is CC(Cc1nc2ccccc2s1)(C(=O)Nc1nnc(C2CC2)s1)c1ccccc1. The van der Waals surface area contributed by atoms with Gasteiger partial charge in [0.25, 0.3) is 0 Å². The first-order valence-electron chi connectivity index (χ1n) is 9.67. The third kappa shape index (κ3) is 3.68. The molecule has 7 heteroatoms. The first kappa shape index (κ1) is 18.4. The van der Waals surface area contributed by atoms with Crippen LogP contribution < -0.4 is 5.32 Å². The number of carbonyl (C=O) groups is 1. The molecule has 2 heterocycles. The summed E-state index contributed by atoms with van der Waals surface area (Å²) in [6.07, 6.45) is 2.86. The molecule has 1 N–H and O–H groups in total. The summed E-state index contributed by atoms with van der Waals surface area (Å²) in [5, 5.41) is 14.0.